The third-order valence-electron chi connectivity index (χ3n) is 3.66. The first-order chi connectivity index (χ1) is 11.7. The number of carbonyl (C=O) groups excluding carboxylic acids is 1. The molecule has 0 saturated heterocycles. The van der Waals surface area contributed by atoms with Gasteiger partial charge in [-0.15, -0.1) is 10.2 Å². The van der Waals surface area contributed by atoms with Crippen molar-refractivity contribution in [2.24, 2.45) is 0 Å². The summed E-state index contributed by atoms with van der Waals surface area (Å²) in [6, 6.07) is 10.2. The largest absolute Gasteiger partial charge is 0.341 e. The van der Waals surface area contributed by atoms with Crippen LogP contribution in [0.2, 0.25) is 0 Å². The van der Waals surface area contributed by atoms with Crippen LogP contribution in [-0.4, -0.2) is 38.2 Å². The van der Waals surface area contributed by atoms with Crippen LogP contribution in [0.3, 0.4) is 0 Å². The Hall–Kier alpha value is -1.90. The summed E-state index contributed by atoms with van der Waals surface area (Å²) in [6.45, 7) is 0.638. The van der Waals surface area contributed by atoms with Gasteiger partial charge in [-0.2, -0.15) is 11.3 Å². The third kappa shape index (κ3) is 2.92. The minimum atomic E-state index is 0.0856. The van der Waals surface area contributed by atoms with Crippen molar-refractivity contribution in [1.82, 2.24) is 19.5 Å². The number of aromatic nitrogens is 3. The molecule has 5 nitrogen and oxygen atoms in total. The molecule has 0 spiro atoms. The van der Waals surface area contributed by atoms with Crippen LogP contribution in [0.4, 0.5) is 0 Å². The molecule has 0 aliphatic rings. The van der Waals surface area contributed by atoms with Gasteiger partial charge < -0.3 is 4.90 Å². The molecule has 0 aliphatic heterocycles. The first kappa shape index (κ1) is 15.6. The molecule has 3 heterocycles. The van der Waals surface area contributed by atoms with Gasteiger partial charge in [-0.1, -0.05) is 35.2 Å². The SMILES string of the molecule is CN(Cc1ccsc1)C(=O)CSc1nnc2sc3ccccc3n12. The topological polar surface area (TPSA) is 50.5 Å². The van der Waals surface area contributed by atoms with Crippen LogP contribution >= 0.6 is 34.4 Å². The molecular formula is C16H14N4OS3. The van der Waals surface area contributed by atoms with E-state index >= 15 is 0 Å². The molecule has 1 amide bonds. The number of amides is 1. The number of fused-ring (bicyclic) bond motifs is 3. The number of hydrogen-bond donors (Lipinski definition) is 0. The third-order valence-corrected chi connectivity index (χ3v) is 6.32. The minimum absolute atomic E-state index is 0.0856. The van der Waals surface area contributed by atoms with Crippen LogP contribution < -0.4 is 0 Å². The summed E-state index contributed by atoms with van der Waals surface area (Å²) in [5, 5.41) is 13.3. The number of thioether (sulfide) groups is 1. The van der Waals surface area contributed by atoms with E-state index in [1.165, 1.54) is 16.5 Å². The lowest BCUT2D eigenvalue weighted by molar-refractivity contribution is -0.127. The normalized spacial score (nSPS) is 11.4. The molecule has 4 aromatic rings. The van der Waals surface area contributed by atoms with Gasteiger partial charge in [-0.3, -0.25) is 9.20 Å². The van der Waals surface area contributed by atoms with Crippen molar-refractivity contribution in [2.75, 3.05) is 12.8 Å². The number of carbonyl (C=O) groups is 1. The van der Waals surface area contributed by atoms with Crippen LogP contribution in [0, 0.1) is 0 Å². The molecule has 0 bridgehead atoms. The fraction of sp³-hybridized carbons (Fsp3) is 0.188. The summed E-state index contributed by atoms with van der Waals surface area (Å²) in [5.74, 6) is 0.438. The van der Waals surface area contributed by atoms with Gasteiger partial charge in [0, 0.05) is 13.6 Å². The highest BCUT2D eigenvalue weighted by Crippen LogP contribution is 2.29. The van der Waals surface area contributed by atoms with E-state index in [0.29, 0.717) is 12.3 Å². The number of thiazole rings is 1. The molecular weight excluding hydrogens is 360 g/mol. The minimum Gasteiger partial charge on any atom is -0.341 e. The highest BCUT2D eigenvalue weighted by Gasteiger charge is 2.15. The van der Waals surface area contributed by atoms with Crippen LogP contribution in [0.5, 0.6) is 0 Å². The van der Waals surface area contributed by atoms with Crippen molar-refractivity contribution in [1.29, 1.82) is 0 Å². The predicted octanol–water partition coefficient (Wildman–Crippen LogP) is 3.76. The van der Waals surface area contributed by atoms with Gasteiger partial charge in [-0.25, -0.2) is 0 Å². The van der Waals surface area contributed by atoms with Crippen molar-refractivity contribution in [3.05, 3.63) is 46.7 Å². The molecule has 0 unspecified atom stereocenters. The highest BCUT2D eigenvalue weighted by molar-refractivity contribution is 7.99. The smallest absolute Gasteiger partial charge is 0.233 e. The quantitative estimate of drug-likeness (QED) is 0.499. The Bertz CT molecular complexity index is 989. The number of thiophene rings is 1. The summed E-state index contributed by atoms with van der Waals surface area (Å²) in [4.78, 5) is 15.0. The molecule has 0 aliphatic carbocycles. The van der Waals surface area contributed by atoms with E-state index in [-0.39, 0.29) is 5.91 Å². The second-order valence-electron chi connectivity index (χ2n) is 5.34. The Balaban J connectivity index is 1.49. The molecule has 0 fully saturated rings. The highest BCUT2D eigenvalue weighted by atomic mass is 32.2. The predicted molar refractivity (Wildman–Crippen MR) is 99.9 cm³/mol. The van der Waals surface area contributed by atoms with Gasteiger partial charge in [0.05, 0.1) is 16.0 Å². The van der Waals surface area contributed by atoms with E-state index in [4.69, 9.17) is 0 Å². The lowest BCUT2D eigenvalue weighted by Crippen LogP contribution is -2.27. The maximum absolute atomic E-state index is 12.4. The summed E-state index contributed by atoms with van der Waals surface area (Å²) in [7, 11) is 1.83. The summed E-state index contributed by atoms with van der Waals surface area (Å²) < 4.78 is 3.20. The Labute approximate surface area is 150 Å². The molecule has 0 N–H and O–H groups in total. The Morgan fingerprint density at radius 3 is 3.00 bits per heavy atom. The molecule has 4 rings (SSSR count). The van der Waals surface area contributed by atoms with E-state index in [1.807, 2.05) is 35.0 Å². The summed E-state index contributed by atoms with van der Waals surface area (Å²) in [6.07, 6.45) is 0. The first-order valence-corrected chi connectivity index (χ1v) is 10.1. The molecule has 24 heavy (non-hydrogen) atoms. The first-order valence-electron chi connectivity index (χ1n) is 7.33. The maximum atomic E-state index is 12.4. The zero-order valence-corrected chi connectivity index (χ0v) is 15.3. The molecule has 1 aromatic carbocycles. The van der Waals surface area contributed by atoms with Crippen molar-refractivity contribution < 1.29 is 4.79 Å². The molecule has 0 saturated carbocycles. The second-order valence-corrected chi connectivity index (χ2v) is 8.07. The van der Waals surface area contributed by atoms with Gasteiger partial charge >= 0.3 is 0 Å². The summed E-state index contributed by atoms with van der Waals surface area (Å²) >= 11 is 4.68. The van der Waals surface area contributed by atoms with Crippen LogP contribution in [0.15, 0.2) is 46.2 Å². The zero-order chi connectivity index (χ0) is 16.5. The summed E-state index contributed by atoms with van der Waals surface area (Å²) in [5.41, 5.74) is 2.25. The van der Waals surface area contributed by atoms with Gasteiger partial charge in [0.15, 0.2) is 5.16 Å². The Kier molecular flexibility index (Phi) is 4.26. The van der Waals surface area contributed by atoms with E-state index in [2.05, 4.69) is 27.7 Å². The Morgan fingerprint density at radius 2 is 2.17 bits per heavy atom. The fourth-order valence-electron chi connectivity index (χ4n) is 2.43. The molecule has 0 radical (unpaired) electrons. The standard InChI is InChI=1S/C16H14N4OS3/c1-19(8-11-6-7-22-9-11)14(21)10-23-15-17-18-16-20(15)12-4-2-3-5-13(12)24-16/h2-7,9H,8,10H2,1H3. The number of benzene rings is 1. The molecule has 8 heteroatoms. The average Bonchev–Trinajstić information content (AvgIpc) is 3.29. The van der Waals surface area contributed by atoms with E-state index in [0.717, 1.165) is 21.2 Å². The Morgan fingerprint density at radius 1 is 1.29 bits per heavy atom. The monoisotopic (exact) mass is 374 g/mol. The van der Waals surface area contributed by atoms with Crippen LogP contribution in [-0.2, 0) is 11.3 Å². The number of para-hydroxylation sites is 1. The van der Waals surface area contributed by atoms with Gasteiger partial charge in [-0.05, 0) is 34.5 Å². The van der Waals surface area contributed by atoms with Crippen molar-refractivity contribution in [3.63, 3.8) is 0 Å². The van der Waals surface area contributed by atoms with Crippen LogP contribution in [0.1, 0.15) is 5.56 Å². The number of rotatable bonds is 5. The van der Waals surface area contributed by atoms with Gasteiger partial charge in [0.2, 0.25) is 10.9 Å². The van der Waals surface area contributed by atoms with Crippen molar-refractivity contribution >= 4 is 55.5 Å². The molecule has 3 aromatic heterocycles. The maximum Gasteiger partial charge on any atom is 0.233 e. The van der Waals surface area contributed by atoms with E-state index in [1.54, 1.807) is 27.6 Å². The molecule has 0 atom stereocenters. The van der Waals surface area contributed by atoms with Crippen molar-refractivity contribution in [3.8, 4) is 0 Å². The fourth-order valence-corrected chi connectivity index (χ4v) is 5.00. The van der Waals surface area contributed by atoms with E-state index < -0.39 is 0 Å². The zero-order valence-electron chi connectivity index (χ0n) is 12.9. The van der Waals surface area contributed by atoms with Crippen LogP contribution in [0.25, 0.3) is 15.2 Å². The van der Waals surface area contributed by atoms with Gasteiger partial charge in [0.1, 0.15) is 0 Å². The molecule has 122 valence electrons. The second kappa shape index (κ2) is 6.54. The number of hydrogen-bond acceptors (Lipinski definition) is 6. The van der Waals surface area contributed by atoms with Crippen molar-refractivity contribution in [2.45, 2.75) is 11.7 Å². The number of nitrogens with zero attached hydrogens (tertiary/aromatic N) is 4. The van der Waals surface area contributed by atoms with E-state index in [9.17, 15) is 4.79 Å². The lowest BCUT2D eigenvalue weighted by Gasteiger charge is -2.15. The van der Waals surface area contributed by atoms with Gasteiger partial charge in [0.25, 0.3) is 0 Å². The average molecular weight is 375 g/mol. The lowest BCUT2D eigenvalue weighted by atomic mass is 10.3.